The fourth-order valence-electron chi connectivity index (χ4n) is 2.47. The lowest BCUT2D eigenvalue weighted by Crippen LogP contribution is -2.13. The monoisotopic (exact) mass is 331 g/mol. The van der Waals surface area contributed by atoms with Gasteiger partial charge >= 0.3 is 0 Å². The standard InChI is InChI=1S/C20H26FNO2/c1-4-23-20-14-16(8-7-13-22(2)3)11-12-19(20)24-15-17-9-5-6-10-18(17)21/h5-6,9-12,14H,4,7-8,13,15H2,1-3H3. The van der Waals surface area contributed by atoms with Crippen LogP contribution in [0.15, 0.2) is 42.5 Å². The fraction of sp³-hybridized carbons (Fsp3) is 0.400. The molecular weight excluding hydrogens is 305 g/mol. The highest BCUT2D eigenvalue weighted by molar-refractivity contribution is 5.43. The predicted molar refractivity (Wildman–Crippen MR) is 95.2 cm³/mol. The number of benzene rings is 2. The summed E-state index contributed by atoms with van der Waals surface area (Å²) in [6.07, 6.45) is 2.08. The fourth-order valence-corrected chi connectivity index (χ4v) is 2.47. The van der Waals surface area contributed by atoms with Crippen LogP contribution in [0, 0.1) is 5.82 Å². The van der Waals surface area contributed by atoms with Crippen molar-refractivity contribution in [2.45, 2.75) is 26.4 Å². The van der Waals surface area contributed by atoms with Gasteiger partial charge in [0.25, 0.3) is 0 Å². The van der Waals surface area contributed by atoms with Gasteiger partial charge in [0, 0.05) is 5.56 Å². The number of aryl methyl sites for hydroxylation is 1. The Balaban J connectivity index is 2.04. The number of hydrogen-bond donors (Lipinski definition) is 0. The molecule has 0 aliphatic rings. The number of ether oxygens (including phenoxy) is 2. The summed E-state index contributed by atoms with van der Waals surface area (Å²) < 4.78 is 25.2. The Morgan fingerprint density at radius 1 is 1.00 bits per heavy atom. The van der Waals surface area contributed by atoms with Gasteiger partial charge in [-0.25, -0.2) is 4.39 Å². The Labute approximate surface area is 144 Å². The molecule has 0 amide bonds. The van der Waals surface area contributed by atoms with E-state index in [4.69, 9.17) is 9.47 Å². The van der Waals surface area contributed by atoms with Crippen LogP contribution in [-0.4, -0.2) is 32.1 Å². The minimum atomic E-state index is -0.254. The van der Waals surface area contributed by atoms with E-state index in [1.54, 1.807) is 18.2 Å². The third kappa shape index (κ3) is 5.53. The van der Waals surface area contributed by atoms with Crippen LogP contribution < -0.4 is 9.47 Å². The van der Waals surface area contributed by atoms with Gasteiger partial charge in [0.05, 0.1) is 6.61 Å². The van der Waals surface area contributed by atoms with Gasteiger partial charge in [0.15, 0.2) is 11.5 Å². The van der Waals surface area contributed by atoms with Crippen molar-refractivity contribution in [2.24, 2.45) is 0 Å². The normalized spacial score (nSPS) is 10.9. The van der Waals surface area contributed by atoms with Crippen molar-refractivity contribution < 1.29 is 13.9 Å². The van der Waals surface area contributed by atoms with Crippen LogP contribution in [-0.2, 0) is 13.0 Å². The lowest BCUT2D eigenvalue weighted by molar-refractivity contribution is 0.265. The summed E-state index contributed by atoms with van der Waals surface area (Å²) >= 11 is 0. The van der Waals surface area contributed by atoms with Gasteiger partial charge < -0.3 is 14.4 Å². The Morgan fingerprint density at radius 3 is 2.50 bits per heavy atom. The van der Waals surface area contributed by atoms with Crippen molar-refractivity contribution in [1.29, 1.82) is 0 Å². The third-order valence-corrected chi connectivity index (χ3v) is 3.72. The molecule has 3 nitrogen and oxygen atoms in total. The lowest BCUT2D eigenvalue weighted by atomic mass is 10.1. The van der Waals surface area contributed by atoms with Crippen molar-refractivity contribution in [3.8, 4) is 11.5 Å². The van der Waals surface area contributed by atoms with E-state index >= 15 is 0 Å². The average molecular weight is 331 g/mol. The third-order valence-electron chi connectivity index (χ3n) is 3.72. The molecule has 0 radical (unpaired) electrons. The SMILES string of the molecule is CCOc1cc(CCCN(C)C)ccc1OCc1ccccc1F. The first-order valence-corrected chi connectivity index (χ1v) is 8.36. The second-order valence-corrected chi connectivity index (χ2v) is 6.00. The zero-order chi connectivity index (χ0) is 17.4. The largest absolute Gasteiger partial charge is 0.490 e. The van der Waals surface area contributed by atoms with Crippen LogP contribution in [0.3, 0.4) is 0 Å². The summed E-state index contributed by atoms with van der Waals surface area (Å²) in [6, 6.07) is 12.6. The number of rotatable bonds is 9. The molecule has 2 aromatic rings. The Hall–Kier alpha value is -2.07. The molecule has 2 rings (SSSR count). The molecule has 0 saturated carbocycles. The molecule has 24 heavy (non-hydrogen) atoms. The summed E-state index contributed by atoms with van der Waals surface area (Å²) in [5.74, 6) is 1.11. The van der Waals surface area contributed by atoms with E-state index in [2.05, 4.69) is 25.1 Å². The summed E-state index contributed by atoms with van der Waals surface area (Å²) in [4.78, 5) is 2.18. The van der Waals surface area contributed by atoms with Gasteiger partial charge in [0.2, 0.25) is 0 Å². The van der Waals surface area contributed by atoms with Crippen LogP contribution >= 0.6 is 0 Å². The molecule has 0 unspecified atom stereocenters. The van der Waals surface area contributed by atoms with Gasteiger partial charge in [-0.05, 0) is 64.2 Å². The Bertz CT molecular complexity index is 643. The van der Waals surface area contributed by atoms with Crippen molar-refractivity contribution in [3.63, 3.8) is 0 Å². The van der Waals surface area contributed by atoms with Crippen LogP contribution in [0.4, 0.5) is 4.39 Å². The maximum Gasteiger partial charge on any atom is 0.161 e. The second kappa shape index (κ2) is 9.28. The highest BCUT2D eigenvalue weighted by Crippen LogP contribution is 2.30. The molecule has 0 heterocycles. The number of hydrogen-bond acceptors (Lipinski definition) is 3. The molecule has 0 fully saturated rings. The van der Waals surface area contributed by atoms with Crippen molar-refractivity contribution in [3.05, 3.63) is 59.4 Å². The summed E-state index contributed by atoms with van der Waals surface area (Å²) in [7, 11) is 4.15. The van der Waals surface area contributed by atoms with Crippen LogP contribution in [0.1, 0.15) is 24.5 Å². The molecular formula is C20H26FNO2. The minimum absolute atomic E-state index is 0.187. The van der Waals surface area contributed by atoms with E-state index in [1.807, 2.05) is 19.1 Å². The first-order chi connectivity index (χ1) is 11.6. The molecule has 4 heteroatoms. The highest BCUT2D eigenvalue weighted by Gasteiger charge is 2.09. The van der Waals surface area contributed by atoms with Gasteiger partial charge in [-0.1, -0.05) is 24.3 Å². The molecule has 0 N–H and O–H groups in total. The molecule has 0 bridgehead atoms. The zero-order valence-corrected chi connectivity index (χ0v) is 14.7. The zero-order valence-electron chi connectivity index (χ0n) is 14.7. The molecule has 0 saturated heterocycles. The molecule has 2 aromatic carbocycles. The van der Waals surface area contributed by atoms with Gasteiger partial charge in [-0.15, -0.1) is 0 Å². The van der Waals surface area contributed by atoms with E-state index in [1.165, 1.54) is 11.6 Å². The average Bonchev–Trinajstić information content (AvgIpc) is 2.55. The maximum atomic E-state index is 13.7. The topological polar surface area (TPSA) is 21.7 Å². The van der Waals surface area contributed by atoms with Crippen molar-refractivity contribution in [1.82, 2.24) is 4.90 Å². The van der Waals surface area contributed by atoms with E-state index in [9.17, 15) is 4.39 Å². The first-order valence-electron chi connectivity index (χ1n) is 8.36. The second-order valence-electron chi connectivity index (χ2n) is 6.00. The molecule has 0 spiro atoms. The van der Waals surface area contributed by atoms with Crippen molar-refractivity contribution >= 4 is 0 Å². The van der Waals surface area contributed by atoms with Crippen LogP contribution in [0.25, 0.3) is 0 Å². The van der Waals surface area contributed by atoms with Crippen molar-refractivity contribution in [2.75, 3.05) is 27.2 Å². The summed E-state index contributed by atoms with van der Waals surface area (Å²) in [6.45, 7) is 3.75. The lowest BCUT2D eigenvalue weighted by Gasteiger charge is -2.14. The number of nitrogens with zero attached hydrogens (tertiary/aromatic N) is 1. The van der Waals surface area contributed by atoms with E-state index < -0.39 is 0 Å². The molecule has 0 atom stereocenters. The summed E-state index contributed by atoms with van der Waals surface area (Å²) in [5.41, 5.74) is 1.76. The first kappa shape index (κ1) is 18.3. The summed E-state index contributed by atoms with van der Waals surface area (Å²) in [5, 5.41) is 0. The Kier molecular flexibility index (Phi) is 7.07. The highest BCUT2D eigenvalue weighted by atomic mass is 19.1. The predicted octanol–water partition coefficient (Wildman–Crippen LogP) is 4.30. The Morgan fingerprint density at radius 2 is 1.79 bits per heavy atom. The molecule has 130 valence electrons. The quantitative estimate of drug-likeness (QED) is 0.684. The van der Waals surface area contributed by atoms with Crippen LogP contribution in [0.2, 0.25) is 0 Å². The molecule has 0 aliphatic carbocycles. The van der Waals surface area contributed by atoms with E-state index in [0.29, 0.717) is 17.9 Å². The minimum Gasteiger partial charge on any atom is -0.490 e. The molecule has 0 aromatic heterocycles. The van der Waals surface area contributed by atoms with E-state index in [-0.39, 0.29) is 12.4 Å². The van der Waals surface area contributed by atoms with Gasteiger partial charge in [-0.2, -0.15) is 0 Å². The smallest absolute Gasteiger partial charge is 0.161 e. The maximum absolute atomic E-state index is 13.7. The van der Waals surface area contributed by atoms with E-state index in [0.717, 1.165) is 25.1 Å². The van der Waals surface area contributed by atoms with Gasteiger partial charge in [0.1, 0.15) is 12.4 Å². The van der Waals surface area contributed by atoms with Crippen LogP contribution in [0.5, 0.6) is 11.5 Å². The number of halogens is 1. The van der Waals surface area contributed by atoms with Gasteiger partial charge in [-0.3, -0.25) is 0 Å². The molecule has 0 aliphatic heterocycles.